The van der Waals surface area contributed by atoms with E-state index in [9.17, 15) is 0 Å². The van der Waals surface area contributed by atoms with Gasteiger partial charge in [-0.25, -0.2) is 4.98 Å². The second-order valence-electron chi connectivity index (χ2n) is 4.39. The van der Waals surface area contributed by atoms with E-state index in [1.165, 1.54) is 0 Å². The largest absolute Gasteiger partial charge is 0.389 e. The lowest BCUT2D eigenvalue weighted by Crippen LogP contribution is -2.35. The maximum atomic E-state index is 5.76. The van der Waals surface area contributed by atoms with Crippen LogP contribution in [0.1, 0.15) is 28.9 Å². The Morgan fingerprint density at radius 1 is 1.50 bits per heavy atom. The van der Waals surface area contributed by atoms with Crippen molar-refractivity contribution in [2.75, 3.05) is 26.3 Å². The Bertz CT molecular complexity index is 413. The summed E-state index contributed by atoms with van der Waals surface area (Å²) >= 11 is 6.74. The summed E-state index contributed by atoms with van der Waals surface area (Å²) in [6, 6.07) is 0. The van der Waals surface area contributed by atoms with Crippen LogP contribution < -0.4 is 5.73 Å². The third-order valence-corrected chi connectivity index (χ3v) is 4.36. The van der Waals surface area contributed by atoms with Crippen molar-refractivity contribution in [3.63, 3.8) is 0 Å². The van der Waals surface area contributed by atoms with Crippen molar-refractivity contribution < 1.29 is 4.74 Å². The highest BCUT2D eigenvalue weighted by Gasteiger charge is 2.16. The third kappa shape index (κ3) is 3.47. The zero-order valence-corrected chi connectivity index (χ0v) is 12.3. The van der Waals surface area contributed by atoms with Gasteiger partial charge < -0.3 is 10.5 Å². The fourth-order valence-electron chi connectivity index (χ4n) is 2.02. The van der Waals surface area contributed by atoms with Gasteiger partial charge in [0.15, 0.2) is 0 Å². The molecule has 0 amide bonds. The number of nitrogens with zero attached hydrogens (tertiary/aromatic N) is 2. The van der Waals surface area contributed by atoms with E-state index < -0.39 is 0 Å². The first kappa shape index (κ1) is 13.9. The van der Waals surface area contributed by atoms with Gasteiger partial charge >= 0.3 is 0 Å². The molecule has 1 aliphatic heterocycles. The monoisotopic (exact) mass is 285 g/mol. The number of nitrogens with two attached hydrogens (primary N) is 1. The number of aryl methyl sites for hydroxylation is 1. The van der Waals surface area contributed by atoms with E-state index in [1.54, 1.807) is 11.3 Å². The molecule has 1 aromatic rings. The number of hydrogen-bond donors (Lipinski definition) is 1. The van der Waals surface area contributed by atoms with Crippen molar-refractivity contribution >= 4 is 28.5 Å². The van der Waals surface area contributed by atoms with Gasteiger partial charge in [0.25, 0.3) is 0 Å². The van der Waals surface area contributed by atoms with Gasteiger partial charge in [0.05, 0.1) is 30.3 Å². The molecule has 0 aromatic carbocycles. The summed E-state index contributed by atoms with van der Waals surface area (Å²) < 4.78 is 5.34. The van der Waals surface area contributed by atoms with Crippen molar-refractivity contribution in [2.24, 2.45) is 5.73 Å². The molecule has 1 fully saturated rings. The second-order valence-corrected chi connectivity index (χ2v) is 5.91. The first-order valence-electron chi connectivity index (χ1n) is 6.29. The van der Waals surface area contributed by atoms with E-state index in [1.807, 2.05) is 0 Å². The standard InChI is InChI=1S/C12H19N3OS2/c1-2-3-9-11(12(13)17)18-10(14-9)8-15-4-6-16-7-5-15/h2-8H2,1H3,(H2,13,17). The zero-order valence-electron chi connectivity index (χ0n) is 10.6. The quantitative estimate of drug-likeness (QED) is 0.832. The van der Waals surface area contributed by atoms with Crippen LogP contribution in [0.15, 0.2) is 0 Å². The fraction of sp³-hybridized carbons (Fsp3) is 0.667. The predicted octanol–water partition coefficient (Wildman–Crippen LogP) is 1.56. The Hall–Kier alpha value is -0.560. The molecule has 1 aromatic heterocycles. The number of aromatic nitrogens is 1. The van der Waals surface area contributed by atoms with E-state index in [-0.39, 0.29) is 0 Å². The van der Waals surface area contributed by atoms with Gasteiger partial charge in [-0.15, -0.1) is 11.3 Å². The number of ether oxygens (including phenoxy) is 1. The van der Waals surface area contributed by atoms with Crippen LogP contribution in [0.5, 0.6) is 0 Å². The first-order chi connectivity index (χ1) is 8.70. The lowest BCUT2D eigenvalue weighted by molar-refractivity contribution is 0.0341. The molecule has 0 bridgehead atoms. The molecule has 0 aliphatic carbocycles. The average molecular weight is 285 g/mol. The highest BCUT2D eigenvalue weighted by Crippen LogP contribution is 2.21. The van der Waals surface area contributed by atoms with Crippen molar-refractivity contribution in [3.8, 4) is 0 Å². The lowest BCUT2D eigenvalue weighted by Gasteiger charge is -2.25. The third-order valence-electron chi connectivity index (χ3n) is 2.91. The van der Waals surface area contributed by atoms with Gasteiger partial charge in [-0.2, -0.15) is 0 Å². The molecular formula is C12H19N3OS2. The van der Waals surface area contributed by atoms with E-state index in [2.05, 4.69) is 16.8 Å². The summed E-state index contributed by atoms with van der Waals surface area (Å²) in [5.41, 5.74) is 6.83. The number of thiocarbonyl (C=S) groups is 1. The van der Waals surface area contributed by atoms with Crippen molar-refractivity contribution in [2.45, 2.75) is 26.3 Å². The molecule has 100 valence electrons. The summed E-state index contributed by atoms with van der Waals surface area (Å²) in [6.07, 6.45) is 2.02. The van der Waals surface area contributed by atoms with Gasteiger partial charge in [0.2, 0.25) is 0 Å². The smallest absolute Gasteiger partial charge is 0.116 e. The van der Waals surface area contributed by atoms with Gasteiger partial charge in [0, 0.05) is 13.1 Å². The lowest BCUT2D eigenvalue weighted by atomic mass is 10.2. The summed E-state index contributed by atoms with van der Waals surface area (Å²) in [5, 5.41) is 1.11. The number of rotatable bonds is 5. The molecule has 1 aliphatic rings. The zero-order chi connectivity index (χ0) is 13.0. The van der Waals surface area contributed by atoms with E-state index in [0.29, 0.717) is 4.99 Å². The van der Waals surface area contributed by atoms with Crippen LogP contribution >= 0.6 is 23.6 Å². The van der Waals surface area contributed by atoms with Crippen molar-refractivity contribution in [3.05, 3.63) is 15.6 Å². The van der Waals surface area contributed by atoms with Crippen LogP contribution in [-0.4, -0.2) is 41.2 Å². The van der Waals surface area contributed by atoms with E-state index in [0.717, 1.165) is 61.3 Å². The molecule has 6 heteroatoms. The van der Waals surface area contributed by atoms with Crippen LogP contribution in [-0.2, 0) is 17.7 Å². The Morgan fingerprint density at radius 3 is 2.83 bits per heavy atom. The van der Waals surface area contributed by atoms with E-state index >= 15 is 0 Å². The fourth-order valence-corrected chi connectivity index (χ4v) is 3.27. The number of thiazole rings is 1. The van der Waals surface area contributed by atoms with Crippen LogP contribution in [0.3, 0.4) is 0 Å². The summed E-state index contributed by atoms with van der Waals surface area (Å²) in [6.45, 7) is 6.61. The molecule has 2 N–H and O–H groups in total. The molecule has 0 saturated carbocycles. The second kappa shape index (κ2) is 6.56. The summed E-state index contributed by atoms with van der Waals surface area (Å²) in [7, 11) is 0. The Morgan fingerprint density at radius 2 is 2.22 bits per heavy atom. The predicted molar refractivity (Wildman–Crippen MR) is 78.1 cm³/mol. The average Bonchev–Trinajstić information content (AvgIpc) is 2.74. The molecule has 2 rings (SSSR count). The molecule has 0 atom stereocenters. The Labute approximate surface area is 117 Å². The Balaban J connectivity index is 2.07. The highest BCUT2D eigenvalue weighted by atomic mass is 32.1. The van der Waals surface area contributed by atoms with Gasteiger partial charge in [-0.1, -0.05) is 25.6 Å². The first-order valence-corrected chi connectivity index (χ1v) is 7.51. The minimum absolute atomic E-state index is 0.476. The molecule has 2 heterocycles. The maximum absolute atomic E-state index is 5.76. The van der Waals surface area contributed by atoms with Gasteiger partial charge in [-0.3, -0.25) is 4.90 Å². The molecule has 18 heavy (non-hydrogen) atoms. The topological polar surface area (TPSA) is 51.4 Å². The minimum atomic E-state index is 0.476. The molecule has 4 nitrogen and oxygen atoms in total. The summed E-state index contributed by atoms with van der Waals surface area (Å²) in [4.78, 5) is 8.52. The number of morpholine rings is 1. The minimum Gasteiger partial charge on any atom is -0.389 e. The van der Waals surface area contributed by atoms with Crippen LogP contribution in [0.25, 0.3) is 0 Å². The van der Waals surface area contributed by atoms with Crippen molar-refractivity contribution in [1.29, 1.82) is 0 Å². The molecule has 0 spiro atoms. The summed E-state index contributed by atoms with van der Waals surface area (Å²) in [5.74, 6) is 0. The molecular weight excluding hydrogens is 266 g/mol. The molecule has 0 unspecified atom stereocenters. The molecule has 0 radical (unpaired) electrons. The highest BCUT2D eigenvalue weighted by molar-refractivity contribution is 7.81. The maximum Gasteiger partial charge on any atom is 0.116 e. The van der Waals surface area contributed by atoms with Crippen LogP contribution in [0, 0.1) is 0 Å². The number of hydrogen-bond acceptors (Lipinski definition) is 5. The van der Waals surface area contributed by atoms with Crippen LogP contribution in [0.4, 0.5) is 0 Å². The normalized spacial score (nSPS) is 16.9. The SMILES string of the molecule is CCCc1nc(CN2CCOCC2)sc1C(N)=S. The van der Waals surface area contributed by atoms with Crippen molar-refractivity contribution in [1.82, 2.24) is 9.88 Å². The van der Waals surface area contributed by atoms with Gasteiger partial charge in [-0.05, 0) is 6.42 Å². The van der Waals surface area contributed by atoms with Crippen LogP contribution in [0.2, 0.25) is 0 Å². The molecule has 1 saturated heterocycles. The van der Waals surface area contributed by atoms with E-state index in [4.69, 9.17) is 22.7 Å². The Kier molecular flexibility index (Phi) is 5.05. The van der Waals surface area contributed by atoms with Gasteiger partial charge in [0.1, 0.15) is 10.00 Å².